The zero-order valence-electron chi connectivity index (χ0n) is 11.6. The lowest BCUT2D eigenvalue weighted by molar-refractivity contribution is 0.0507. The highest BCUT2D eigenvalue weighted by Crippen LogP contribution is 2.39. The van der Waals surface area contributed by atoms with Gasteiger partial charge in [0.15, 0.2) is 9.84 Å². The smallest absolute Gasteiger partial charge is 0.153 e. The lowest BCUT2D eigenvalue weighted by Crippen LogP contribution is -2.44. The maximum absolute atomic E-state index is 11.8. The number of benzene rings is 1. The fourth-order valence-electron chi connectivity index (χ4n) is 3.05. The summed E-state index contributed by atoms with van der Waals surface area (Å²) in [5.74, 6) is 0.613. The van der Waals surface area contributed by atoms with Gasteiger partial charge in [0.25, 0.3) is 0 Å². The second-order valence-corrected chi connectivity index (χ2v) is 8.11. The molecule has 0 aliphatic heterocycles. The second-order valence-electron chi connectivity index (χ2n) is 5.45. The summed E-state index contributed by atoms with van der Waals surface area (Å²) in [6, 6.07) is 5.15. The molecule has 20 heavy (non-hydrogen) atoms. The summed E-state index contributed by atoms with van der Waals surface area (Å²) in [5.41, 5.74) is -0.510. The van der Waals surface area contributed by atoms with E-state index in [0.29, 0.717) is 30.0 Å². The molecule has 0 spiro atoms. The van der Waals surface area contributed by atoms with E-state index in [9.17, 15) is 13.5 Å². The molecule has 4 nitrogen and oxygen atoms in total. The van der Waals surface area contributed by atoms with Gasteiger partial charge in [-0.05, 0) is 43.0 Å². The number of halogens is 1. The lowest BCUT2D eigenvalue weighted by Gasteiger charge is -2.29. The van der Waals surface area contributed by atoms with E-state index in [0.717, 1.165) is 5.56 Å². The zero-order valence-corrected chi connectivity index (χ0v) is 13.2. The van der Waals surface area contributed by atoms with Crippen molar-refractivity contribution in [3.05, 3.63) is 28.8 Å². The van der Waals surface area contributed by atoms with E-state index < -0.39 is 20.7 Å². The summed E-state index contributed by atoms with van der Waals surface area (Å²) in [6.45, 7) is 0. The molecule has 0 heterocycles. The average Bonchev–Trinajstić information content (AvgIpc) is 2.71. The van der Waals surface area contributed by atoms with Crippen LogP contribution in [0.4, 0.5) is 0 Å². The van der Waals surface area contributed by atoms with E-state index in [2.05, 4.69) is 0 Å². The number of aliphatic hydroxyl groups is 1. The van der Waals surface area contributed by atoms with Crippen molar-refractivity contribution in [3.8, 4) is 5.75 Å². The molecule has 0 radical (unpaired) electrons. The van der Waals surface area contributed by atoms with Gasteiger partial charge in [0.05, 0.1) is 18.0 Å². The van der Waals surface area contributed by atoms with Crippen molar-refractivity contribution in [1.29, 1.82) is 0 Å². The Morgan fingerprint density at radius 2 is 2.20 bits per heavy atom. The Kier molecular flexibility index (Phi) is 4.33. The monoisotopic (exact) mass is 318 g/mol. The average molecular weight is 319 g/mol. The van der Waals surface area contributed by atoms with Crippen LogP contribution in [0.25, 0.3) is 0 Å². The van der Waals surface area contributed by atoms with E-state index in [4.69, 9.17) is 16.3 Å². The maximum atomic E-state index is 11.8. The third-order valence-electron chi connectivity index (χ3n) is 3.93. The van der Waals surface area contributed by atoms with Gasteiger partial charge in [-0.25, -0.2) is 8.42 Å². The summed E-state index contributed by atoms with van der Waals surface area (Å²) in [7, 11) is -1.74. The summed E-state index contributed by atoms with van der Waals surface area (Å²) in [5, 5.41) is 10.6. The maximum Gasteiger partial charge on any atom is 0.153 e. The van der Waals surface area contributed by atoms with Crippen molar-refractivity contribution in [2.24, 2.45) is 0 Å². The molecule has 1 aliphatic rings. The van der Waals surface area contributed by atoms with E-state index in [1.165, 1.54) is 6.26 Å². The predicted molar refractivity (Wildman–Crippen MR) is 79.1 cm³/mol. The van der Waals surface area contributed by atoms with Crippen LogP contribution in [0, 0.1) is 0 Å². The van der Waals surface area contributed by atoms with Crippen molar-refractivity contribution in [2.45, 2.75) is 36.5 Å². The van der Waals surface area contributed by atoms with Gasteiger partial charge in [0, 0.05) is 17.7 Å². The first-order valence-corrected chi connectivity index (χ1v) is 8.83. The molecule has 1 aromatic carbocycles. The highest BCUT2D eigenvalue weighted by Gasteiger charge is 2.47. The van der Waals surface area contributed by atoms with Crippen LogP contribution in [-0.4, -0.2) is 37.7 Å². The lowest BCUT2D eigenvalue weighted by atomic mass is 9.92. The summed E-state index contributed by atoms with van der Waals surface area (Å²) >= 11 is 5.98. The topological polar surface area (TPSA) is 63.6 Å². The Labute approximate surface area is 124 Å². The van der Waals surface area contributed by atoms with Gasteiger partial charge in [-0.1, -0.05) is 11.6 Å². The van der Waals surface area contributed by atoms with Gasteiger partial charge < -0.3 is 9.84 Å². The highest BCUT2D eigenvalue weighted by atomic mass is 35.5. The van der Waals surface area contributed by atoms with Gasteiger partial charge in [-0.3, -0.25) is 0 Å². The van der Waals surface area contributed by atoms with Crippen LogP contribution in [0.3, 0.4) is 0 Å². The molecule has 1 saturated carbocycles. The standard InChI is InChI=1S/C14H19ClO4S/c1-19-12-6-5-11(15)8-10(12)9-14(16)7-3-4-13(14)20(2,17)18/h5-6,8,13,16H,3-4,7,9H2,1-2H3. The van der Waals surface area contributed by atoms with Crippen molar-refractivity contribution < 1.29 is 18.3 Å². The Balaban J connectivity index is 2.35. The van der Waals surface area contributed by atoms with E-state index >= 15 is 0 Å². The molecule has 0 amide bonds. The van der Waals surface area contributed by atoms with Crippen molar-refractivity contribution >= 4 is 21.4 Å². The predicted octanol–water partition coefficient (Wildman–Crippen LogP) is 2.22. The Morgan fingerprint density at radius 3 is 2.80 bits per heavy atom. The molecule has 2 atom stereocenters. The number of methoxy groups -OCH3 is 1. The molecule has 1 aliphatic carbocycles. The number of hydrogen-bond acceptors (Lipinski definition) is 4. The highest BCUT2D eigenvalue weighted by molar-refractivity contribution is 7.91. The number of hydrogen-bond donors (Lipinski definition) is 1. The molecule has 2 rings (SSSR count). The fraction of sp³-hybridized carbons (Fsp3) is 0.571. The van der Waals surface area contributed by atoms with Gasteiger partial charge >= 0.3 is 0 Å². The molecule has 6 heteroatoms. The Morgan fingerprint density at radius 1 is 1.50 bits per heavy atom. The van der Waals surface area contributed by atoms with E-state index in [1.807, 2.05) is 0 Å². The summed E-state index contributed by atoms with van der Waals surface area (Å²) < 4.78 is 28.9. The molecule has 0 saturated heterocycles. The van der Waals surface area contributed by atoms with Crippen LogP contribution in [0.1, 0.15) is 24.8 Å². The molecule has 1 aromatic rings. The fourth-order valence-corrected chi connectivity index (χ4v) is 4.84. The molecule has 1 N–H and O–H groups in total. The van der Waals surface area contributed by atoms with Gasteiger partial charge in [-0.2, -0.15) is 0 Å². The van der Waals surface area contributed by atoms with Gasteiger partial charge in [0.1, 0.15) is 5.75 Å². The van der Waals surface area contributed by atoms with Gasteiger partial charge in [-0.15, -0.1) is 0 Å². The van der Waals surface area contributed by atoms with Crippen LogP contribution in [-0.2, 0) is 16.3 Å². The van der Waals surface area contributed by atoms with Crippen molar-refractivity contribution in [1.82, 2.24) is 0 Å². The minimum absolute atomic E-state index is 0.231. The normalized spacial score (nSPS) is 26.7. The third-order valence-corrected chi connectivity index (χ3v) is 5.87. The van der Waals surface area contributed by atoms with E-state index in [-0.39, 0.29) is 6.42 Å². The molecule has 0 aromatic heterocycles. The number of ether oxygens (including phenoxy) is 1. The molecule has 0 bridgehead atoms. The molecule has 2 unspecified atom stereocenters. The number of rotatable bonds is 4. The van der Waals surface area contributed by atoms with Crippen LogP contribution in [0.2, 0.25) is 5.02 Å². The van der Waals surface area contributed by atoms with Crippen molar-refractivity contribution in [3.63, 3.8) is 0 Å². The minimum atomic E-state index is -3.28. The van der Waals surface area contributed by atoms with Gasteiger partial charge in [0.2, 0.25) is 0 Å². The van der Waals surface area contributed by atoms with Crippen LogP contribution >= 0.6 is 11.6 Å². The van der Waals surface area contributed by atoms with E-state index in [1.54, 1.807) is 25.3 Å². The van der Waals surface area contributed by atoms with Crippen LogP contribution < -0.4 is 4.74 Å². The quantitative estimate of drug-likeness (QED) is 0.924. The number of sulfone groups is 1. The molecular weight excluding hydrogens is 300 g/mol. The Bertz CT molecular complexity index is 599. The first-order chi connectivity index (χ1) is 9.26. The SMILES string of the molecule is COc1ccc(Cl)cc1CC1(O)CCCC1S(C)(=O)=O. The first-order valence-electron chi connectivity index (χ1n) is 6.50. The molecular formula is C14H19ClO4S. The third kappa shape index (κ3) is 3.10. The molecule has 112 valence electrons. The second kappa shape index (κ2) is 5.54. The van der Waals surface area contributed by atoms with Crippen LogP contribution in [0.15, 0.2) is 18.2 Å². The largest absolute Gasteiger partial charge is 0.496 e. The summed E-state index contributed by atoms with van der Waals surface area (Å²) in [6.07, 6.45) is 3.09. The minimum Gasteiger partial charge on any atom is -0.496 e. The first kappa shape index (κ1) is 15.6. The molecule has 1 fully saturated rings. The Hall–Kier alpha value is -0.780. The van der Waals surface area contributed by atoms with Crippen molar-refractivity contribution in [2.75, 3.05) is 13.4 Å². The zero-order chi connectivity index (χ0) is 15.0. The summed E-state index contributed by atoms with van der Waals surface area (Å²) in [4.78, 5) is 0. The van der Waals surface area contributed by atoms with Crippen LogP contribution in [0.5, 0.6) is 5.75 Å².